The number of amides is 2. The van der Waals surface area contributed by atoms with Crippen LogP contribution in [0.25, 0.3) is 11.3 Å². The highest BCUT2D eigenvalue weighted by atomic mass is 35.5. The van der Waals surface area contributed by atoms with E-state index in [-0.39, 0.29) is 5.56 Å². The predicted octanol–water partition coefficient (Wildman–Crippen LogP) is 4.76. The zero-order valence-electron chi connectivity index (χ0n) is 14.8. The Balaban J connectivity index is 1.62. The van der Waals surface area contributed by atoms with Gasteiger partial charge in [0.1, 0.15) is 11.5 Å². The number of carbonyl (C=O) groups is 2. The molecule has 2 amide bonds. The average molecular weight is 398 g/mol. The van der Waals surface area contributed by atoms with Crippen LogP contribution in [0, 0.1) is 6.92 Å². The van der Waals surface area contributed by atoms with Gasteiger partial charge >= 0.3 is 12.0 Å². The van der Waals surface area contributed by atoms with Crippen molar-refractivity contribution in [3.63, 3.8) is 0 Å². The van der Waals surface area contributed by atoms with Gasteiger partial charge in [-0.2, -0.15) is 5.10 Å². The van der Waals surface area contributed by atoms with Crippen LogP contribution in [-0.4, -0.2) is 23.3 Å². The van der Waals surface area contributed by atoms with Gasteiger partial charge in [0.2, 0.25) is 0 Å². The third-order valence-corrected chi connectivity index (χ3v) is 4.08. The molecule has 0 aliphatic heterocycles. The maximum Gasteiger partial charge on any atom is 0.339 e. The molecule has 0 spiro atoms. The van der Waals surface area contributed by atoms with Gasteiger partial charge in [-0.3, -0.25) is 0 Å². The Bertz CT molecular complexity index is 1040. The van der Waals surface area contributed by atoms with Gasteiger partial charge in [-0.05, 0) is 61.0 Å². The van der Waals surface area contributed by atoms with E-state index in [1.807, 2.05) is 0 Å². The van der Waals surface area contributed by atoms with Crippen molar-refractivity contribution in [3.8, 4) is 11.3 Å². The Labute approximate surface area is 165 Å². The van der Waals surface area contributed by atoms with Crippen LogP contribution in [0.4, 0.5) is 10.5 Å². The van der Waals surface area contributed by atoms with Crippen LogP contribution in [0.15, 0.2) is 64.1 Å². The van der Waals surface area contributed by atoms with E-state index in [1.54, 1.807) is 55.5 Å². The molecule has 28 heavy (non-hydrogen) atoms. The highest BCUT2D eigenvalue weighted by Crippen LogP contribution is 2.26. The third kappa shape index (κ3) is 4.77. The Hall–Kier alpha value is -3.58. The molecule has 0 radical (unpaired) electrons. The lowest BCUT2D eigenvalue weighted by Gasteiger charge is -2.04. The second-order valence-electron chi connectivity index (χ2n) is 5.87. The minimum atomic E-state index is -0.982. The van der Waals surface area contributed by atoms with E-state index in [2.05, 4.69) is 15.8 Å². The van der Waals surface area contributed by atoms with Crippen molar-refractivity contribution in [1.82, 2.24) is 5.43 Å². The molecule has 0 saturated carbocycles. The molecule has 1 aromatic heterocycles. The van der Waals surface area contributed by atoms with Crippen molar-refractivity contribution in [2.24, 2.45) is 5.10 Å². The van der Waals surface area contributed by atoms with Crippen LogP contribution in [0.2, 0.25) is 5.02 Å². The van der Waals surface area contributed by atoms with Crippen molar-refractivity contribution in [1.29, 1.82) is 0 Å². The molecule has 0 atom stereocenters. The van der Waals surface area contributed by atoms with Crippen molar-refractivity contribution < 1.29 is 19.1 Å². The van der Waals surface area contributed by atoms with Crippen LogP contribution in [0.5, 0.6) is 0 Å². The largest absolute Gasteiger partial charge is 0.478 e. The van der Waals surface area contributed by atoms with Crippen molar-refractivity contribution in [2.75, 3.05) is 5.32 Å². The number of aryl methyl sites for hydroxylation is 1. The Morgan fingerprint density at radius 1 is 1.11 bits per heavy atom. The number of carboxylic acid groups (broad SMARTS) is 1. The fourth-order valence-corrected chi connectivity index (χ4v) is 2.61. The van der Waals surface area contributed by atoms with E-state index in [4.69, 9.17) is 21.1 Å². The molecule has 0 unspecified atom stereocenters. The molecule has 0 fully saturated rings. The van der Waals surface area contributed by atoms with E-state index in [1.165, 1.54) is 12.3 Å². The number of anilines is 1. The molecule has 3 N–H and O–H groups in total. The highest BCUT2D eigenvalue weighted by molar-refractivity contribution is 6.30. The number of benzene rings is 2. The summed E-state index contributed by atoms with van der Waals surface area (Å²) in [5.74, 6) is 0.0230. The summed E-state index contributed by atoms with van der Waals surface area (Å²) in [7, 11) is 0. The molecular formula is C20H16ClN3O4. The summed E-state index contributed by atoms with van der Waals surface area (Å²) < 4.78 is 5.68. The number of nitrogens with zero attached hydrogens (tertiary/aromatic N) is 1. The standard InChI is InChI=1S/C20H16ClN3O4/c1-12-10-13(19(25)26)2-8-17(12)18-9-7-16(28-18)11-22-24-20(27)23-15-5-3-14(21)4-6-15/h2-11H,1H3,(H,25,26)(H2,23,24,27)/b22-11+. The summed E-state index contributed by atoms with van der Waals surface area (Å²) in [5.41, 5.74) is 4.68. The number of urea groups is 1. The van der Waals surface area contributed by atoms with Crippen LogP contribution < -0.4 is 10.7 Å². The number of halogens is 1. The summed E-state index contributed by atoms with van der Waals surface area (Å²) in [6.45, 7) is 1.81. The van der Waals surface area contributed by atoms with Crippen molar-refractivity contribution in [2.45, 2.75) is 6.92 Å². The van der Waals surface area contributed by atoms with Crippen LogP contribution >= 0.6 is 11.6 Å². The quantitative estimate of drug-likeness (QED) is 0.426. The first-order valence-corrected chi connectivity index (χ1v) is 8.60. The number of hydrogen-bond donors (Lipinski definition) is 3. The second-order valence-corrected chi connectivity index (χ2v) is 6.30. The van der Waals surface area contributed by atoms with Crippen molar-refractivity contribution in [3.05, 3.63) is 76.5 Å². The first-order valence-electron chi connectivity index (χ1n) is 8.22. The number of carboxylic acids is 1. The van der Waals surface area contributed by atoms with Gasteiger partial charge in [-0.25, -0.2) is 15.0 Å². The molecule has 1 heterocycles. The van der Waals surface area contributed by atoms with Crippen molar-refractivity contribution >= 4 is 35.5 Å². The van der Waals surface area contributed by atoms with Gasteiger partial charge in [0.15, 0.2) is 0 Å². The predicted molar refractivity (Wildman–Crippen MR) is 107 cm³/mol. The van der Waals surface area contributed by atoms with Crippen LogP contribution in [0.3, 0.4) is 0 Å². The Morgan fingerprint density at radius 3 is 2.54 bits per heavy atom. The van der Waals surface area contributed by atoms with Gasteiger partial charge in [0, 0.05) is 16.3 Å². The van der Waals surface area contributed by atoms with Gasteiger partial charge in [-0.15, -0.1) is 0 Å². The average Bonchev–Trinajstić information content (AvgIpc) is 3.12. The smallest absolute Gasteiger partial charge is 0.339 e. The van der Waals surface area contributed by atoms with E-state index in [9.17, 15) is 9.59 Å². The van der Waals surface area contributed by atoms with Gasteiger partial charge in [0.25, 0.3) is 0 Å². The number of carbonyl (C=O) groups excluding carboxylic acids is 1. The molecule has 0 saturated heterocycles. The van der Waals surface area contributed by atoms with Gasteiger partial charge in [-0.1, -0.05) is 17.7 Å². The number of furan rings is 1. The molecule has 8 heteroatoms. The number of hydrazone groups is 1. The summed E-state index contributed by atoms with van der Waals surface area (Å²) in [6, 6.07) is 14.4. The molecule has 0 bridgehead atoms. The van der Waals surface area contributed by atoms with E-state index in [0.717, 1.165) is 11.1 Å². The fraction of sp³-hybridized carbons (Fsp3) is 0.0500. The first kappa shape index (κ1) is 19.2. The maximum absolute atomic E-state index is 11.8. The SMILES string of the molecule is Cc1cc(C(=O)O)ccc1-c1ccc(/C=N/NC(=O)Nc2ccc(Cl)cc2)o1. The number of nitrogens with one attached hydrogen (secondary N) is 2. The number of hydrogen-bond acceptors (Lipinski definition) is 4. The third-order valence-electron chi connectivity index (χ3n) is 3.83. The number of rotatable bonds is 5. The Kier molecular flexibility index (Phi) is 5.76. The summed E-state index contributed by atoms with van der Waals surface area (Å²) in [4.78, 5) is 22.8. The summed E-state index contributed by atoms with van der Waals surface area (Å²) >= 11 is 5.79. The van der Waals surface area contributed by atoms with Crippen LogP contribution in [0.1, 0.15) is 21.7 Å². The zero-order chi connectivity index (χ0) is 20.1. The van der Waals surface area contributed by atoms with Gasteiger partial charge < -0.3 is 14.8 Å². The lowest BCUT2D eigenvalue weighted by Crippen LogP contribution is -2.24. The molecule has 0 aliphatic carbocycles. The first-order chi connectivity index (χ1) is 13.4. The Morgan fingerprint density at radius 2 is 1.86 bits per heavy atom. The second kappa shape index (κ2) is 8.41. The summed E-state index contributed by atoms with van der Waals surface area (Å²) in [5, 5.41) is 16.1. The van der Waals surface area contributed by atoms with E-state index < -0.39 is 12.0 Å². The molecule has 142 valence electrons. The lowest BCUT2D eigenvalue weighted by atomic mass is 10.0. The minimum Gasteiger partial charge on any atom is -0.478 e. The number of aromatic carboxylic acids is 1. The lowest BCUT2D eigenvalue weighted by molar-refractivity contribution is 0.0696. The molecule has 2 aromatic carbocycles. The minimum absolute atomic E-state index is 0.213. The topological polar surface area (TPSA) is 104 Å². The zero-order valence-corrected chi connectivity index (χ0v) is 15.5. The molecule has 7 nitrogen and oxygen atoms in total. The normalized spacial score (nSPS) is 10.8. The molecule has 3 aromatic rings. The monoisotopic (exact) mass is 397 g/mol. The molecular weight excluding hydrogens is 382 g/mol. The van der Waals surface area contributed by atoms with E-state index >= 15 is 0 Å². The highest BCUT2D eigenvalue weighted by Gasteiger charge is 2.10. The fourth-order valence-electron chi connectivity index (χ4n) is 2.49. The van der Waals surface area contributed by atoms with Crippen LogP contribution in [-0.2, 0) is 0 Å². The van der Waals surface area contributed by atoms with Gasteiger partial charge in [0.05, 0.1) is 11.8 Å². The maximum atomic E-state index is 11.8. The summed E-state index contributed by atoms with van der Waals surface area (Å²) in [6.07, 6.45) is 1.37. The molecule has 0 aliphatic rings. The molecule has 3 rings (SSSR count). The van der Waals surface area contributed by atoms with E-state index in [0.29, 0.717) is 22.2 Å².